The fraction of sp³-hybridized carbons (Fsp3) is 0.333. The van der Waals surface area contributed by atoms with Gasteiger partial charge in [-0.1, -0.05) is 19.1 Å². The topological polar surface area (TPSA) is 75.6 Å². The molecule has 0 aliphatic rings. The van der Waals surface area contributed by atoms with E-state index in [-0.39, 0.29) is 18.1 Å². The van der Waals surface area contributed by atoms with Gasteiger partial charge in [-0.3, -0.25) is 9.63 Å². The number of hydrogen-bond acceptors (Lipinski definition) is 3. The molecule has 2 N–H and O–H groups in total. The van der Waals surface area contributed by atoms with Gasteiger partial charge in [0.2, 0.25) is 5.91 Å². The highest BCUT2D eigenvalue weighted by atomic mass is 16.6. The number of carbonyl (C=O) groups excluding carboxylic acids is 1. The maximum absolute atomic E-state index is 11.0. The Morgan fingerprint density at radius 3 is 2.71 bits per heavy atom. The summed E-state index contributed by atoms with van der Waals surface area (Å²) in [5.74, 6) is -1.25. The maximum Gasteiger partial charge on any atom is 0.336 e. The molecule has 0 aliphatic heterocycles. The Kier molecular flexibility index (Phi) is 4.66. The van der Waals surface area contributed by atoms with E-state index in [1.807, 2.05) is 0 Å². The van der Waals surface area contributed by atoms with Gasteiger partial charge in [0.1, 0.15) is 6.61 Å². The zero-order valence-corrected chi connectivity index (χ0v) is 9.82. The number of carboxylic acid groups (broad SMARTS) is 1. The van der Waals surface area contributed by atoms with E-state index in [0.29, 0.717) is 12.0 Å². The van der Waals surface area contributed by atoms with Crippen LogP contribution >= 0.6 is 0 Å². The summed E-state index contributed by atoms with van der Waals surface area (Å²) in [4.78, 5) is 26.9. The zero-order valence-electron chi connectivity index (χ0n) is 9.82. The highest BCUT2D eigenvalue weighted by Gasteiger charge is 2.12. The Morgan fingerprint density at radius 2 is 2.12 bits per heavy atom. The summed E-state index contributed by atoms with van der Waals surface area (Å²) in [5.41, 5.74) is 3.81. The molecule has 1 rings (SSSR count). The highest BCUT2D eigenvalue weighted by Crippen LogP contribution is 2.15. The Labute approximate surface area is 99.4 Å². The molecule has 0 atom stereocenters. The molecule has 0 aliphatic carbocycles. The predicted molar refractivity (Wildman–Crippen MR) is 61.4 cm³/mol. The summed E-state index contributed by atoms with van der Waals surface area (Å²) in [6.07, 6.45) is 0.319. The minimum absolute atomic E-state index is 0.0417. The van der Waals surface area contributed by atoms with Crippen molar-refractivity contribution >= 4 is 11.9 Å². The van der Waals surface area contributed by atoms with E-state index >= 15 is 0 Å². The number of aryl methyl sites for hydroxylation is 1. The molecule has 0 saturated heterocycles. The van der Waals surface area contributed by atoms with Crippen LogP contribution < -0.4 is 5.48 Å². The number of aromatic carboxylic acids is 1. The summed E-state index contributed by atoms with van der Waals surface area (Å²) in [5, 5.41) is 9.00. The van der Waals surface area contributed by atoms with Crippen LogP contribution in [0, 0.1) is 6.92 Å². The smallest absolute Gasteiger partial charge is 0.336 e. The molecular formula is C12H15NO4. The second kappa shape index (κ2) is 6.00. The molecule has 1 aromatic carbocycles. The molecule has 0 heterocycles. The van der Waals surface area contributed by atoms with Crippen LogP contribution in [0.4, 0.5) is 0 Å². The maximum atomic E-state index is 11.0. The number of hydroxylamine groups is 1. The Hall–Kier alpha value is -1.88. The van der Waals surface area contributed by atoms with Crippen molar-refractivity contribution < 1.29 is 19.5 Å². The average Bonchev–Trinajstić information content (AvgIpc) is 2.30. The number of benzene rings is 1. The van der Waals surface area contributed by atoms with Crippen LogP contribution in [0.3, 0.4) is 0 Å². The molecule has 1 aromatic rings. The van der Waals surface area contributed by atoms with Crippen LogP contribution in [0.25, 0.3) is 0 Å². The van der Waals surface area contributed by atoms with Crippen molar-refractivity contribution in [3.05, 3.63) is 34.9 Å². The van der Waals surface area contributed by atoms with Gasteiger partial charge < -0.3 is 5.11 Å². The minimum atomic E-state index is -1.01. The summed E-state index contributed by atoms with van der Waals surface area (Å²) >= 11 is 0. The third-order valence-electron chi connectivity index (χ3n) is 2.36. The normalized spacial score (nSPS) is 10.0. The van der Waals surface area contributed by atoms with E-state index in [2.05, 4.69) is 5.48 Å². The molecular weight excluding hydrogens is 222 g/mol. The first-order chi connectivity index (χ1) is 8.06. The van der Waals surface area contributed by atoms with Gasteiger partial charge in [-0.2, -0.15) is 0 Å². The second-order valence-electron chi connectivity index (χ2n) is 3.57. The standard InChI is InChI=1S/C12H15NO4/c1-3-11(14)13-17-7-10-8(2)5-4-6-9(10)12(15)16/h4-6H,3,7H2,1-2H3,(H,13,14)(H,15,16). The largest absolute Gasteiger partial charge is 0.478 e. The minimum Gasteiger partial charge on any atom is -0.478 e. The summed E-state index contributed by atoms with van der Waals surface area (Å²) in [6.45, 7) is 3.54. The SMILES string of the molecule is CCC(=O)NOCc1c(C)cccc1C(=O)O. The van der Waals surface area contributed by atoms with Crippen molar-refractivity contribution in [1.82, 2.24) is 5.48 Å². The summed E-state index contributed by atoms with van der Waals surface area (Å²) < 4.78 is 0. The van der Waals surface area contributed by atoms with Gasteiger partial charge in [-0.15, -0.1) is 0 Å². The molecule has 5 nitrogen and oxygen atoms in total. The van der Waals surface area contributed by atoms with Gasteiger partial charge in [0.25, 0.3) is 0 Å². The Bertz CT molecular complexity index is 429. The Balaban J connectivity index is 2.76. The van der Waals surface area contributed by atoms with Gasteiger partial charge in [0, 0.05) is 6.42 Å². The van der Waals surface area contributed by atoms with E-state index in [1.165, 1.54) is 6.07 Å². The van der Waals surface area contributed by atoms with E-state index < -0.39 is 5.97 Å². The van der Waals surface area contributed by atoms with Crippen LogP contribution in [-0.2, 0) is 16.2 Å². The predicted octanol–water partition coefficient (Wildman–Crippen LogP) is 1.65. The number of nitrogens with one attached hydrogen (secondary N) is 1. The number of carboxylic acids is 1. The molecule has 0 fully saturated rings. The molecule has 0 aromatic heterocycles. The molecule has 5 heteroatoms. The van der Waals surface area contributed by atoms with Gasteiger partial charge in [-0.05, 0) is 24.1 Å². The van der Waals surface area contributed by atoms with Crippen LogP contribution in [0.5, 0.6) is 0 Å². The van der Waals surface area contributed by atoms with Gasteiger partial charge in [0.05, 0.1) is 5.56 Å². The van der Waals surface area contributed by atoms with Gasteiger partial charge in [0.15, 0.2) is 0 Å². The average molecular weight is 237 g/mol. The molecule has 17 heavy (non-hydrogen) atoms. The van der Waals surface area contributed by atoms with Crippen LogP contribution in [-0.4, -0.2) is 17.0 Å². The van der Waals surface area contributed by atoms with E-state index in [0.717, 1.165) is 5.56 Å². The number of amides is 1. The molecule has 0 saturated carbocycles. The highest BCUT2D eigenvalue weighted by molar-refractivity contribution is 5.89. The lowest BCUT2D eigenvalue weighted by Crippen LogP contribution is -2.23. The van der Waals surface area contributed by atoms with Crippen molar-refractivity contribution in [2.45, 2.75) is 26.9 Å². The van der Waals surface area contributed by atoms with Gasteiger partial charge in [-0.25, -0.2) is 10.3 Å². The zero-order chi connectivity index (χ0) is 12.8. The van der Waals surface area contributed by atoms with Crippen molar-refractivity contribution in [3.8, 4) is 0 Å². The second-order valence-corrected chi connectivity index (χ2v) is 3.57. The number of carbonyl (C=O) groups is 2. The van der Waals surface area contributed by atoms with Crippen LogP contribution in [0.2, 0.25) is 0 Å². The van der Waals surface area contributed by atoms with Crippen molar-refractivity contribution in [2.24, 2.45) is 0 Å². The third-order valence-corrected chi connectivity index (χ3v) is 2.36. The van der Waals surface area contributed by atoms with Crippen molar-refractivity contribution in [2.75, 3.05) is 0 Å². The molecule has 0 radical (unpaired) electrons. The third kappa shape index (κ3) is 3.57. The van der Waals surface area contributed by atoms with Crippen molar-refractivity contribution in [3.63, 3.8) is 0 Å². The lowest BCUT2D eigenvalue weighted by atomic mass is 10.0. The first kappa shape index (κ1) is 13.2. The monoisotopic (exact) mass is 237 g/mol. The van der Waals surface area contributed by atoms with Crippen LogP contribution in [0.1, 0.15) is 34.8 Å². The molecule has 92 valence electrons. The van der Waals surface area contributed by atoms with E-state index in [9.17, 15) is 9.59 Å². The first-order valence-electron chi connectivity index (χ1n) is 5.28. The summed E-state index contributed by atoms with van der Waals surface area (Å²) in [7, 11) is 0. The number of hydrogen-bond donors (Lipinski definition) is 2. The van der Waals surface area contributed by atoms with Gasteiger partial charge >= 0.3 is 5.97 Å². The first-order valence-corrected chi connectivity index (χ1v) is 5.28. The lowest BCUT2D eigenvalue weighted by Gasteiger charge is -2.10. The molecule has 0 unspecified atom stereocenters. The van der Waals surface area contributed by atoms with E-state index in [1.54, 1.807) is 26.0 Å². The summed E-state index contributed by atoms with van der Waals surface area (Å²) in [6, 6.07) is 4.98. The fourth-order valence-electron chi connectivity index (χ4n) is 1.36. The van der Waals surface area contributed by atoms with Crippen molar-refractivity contribution in [1.29, 1.82) is 0 Å². The lowest BCUT2D eigenvalue weighted by molar-refractivity contribution is -0.134. The quantitative estimate of drug-likeness (QED) is 0.763. The Morgan fingerprint density at radius 1 is 1.41 bits per heavy atom. The molecule has 1 amide bonds. The number of rotatable bonds is 5. The molecule has 0 spiro atoms. The van der Waals surface area contributed by atoms with E-state index in [4.69, 9.17) is 9.94 Å². The molecule has 0 bridgehead atoms. The fourth-order valence-corrected chi connectivity index (χ4v) is 1.36. The van der Waals surface area contributed by atoms with Crippen LogP contribution in [0.15, 0.2) is 18.2 Å².